The third kappa shape index (κ3) is 1.76. The second kappa shape index (κ2) is 4.22. The molecule has 1 aromatic carbocycles. The number of nitrogens with zero attached hydrogens (tertiary/aromatic N) is 4. The Hall–Kier alpha value is -2.23. The maximum Gasteiger partial charge on any atom is 0.251 e. The lowest BCUT2D eigenvalue weighted by Gasteiger charge is -2.05. The van der Waals surface area contributed by atoms with Crippen molar-refractivity contribution in [2.45, 2.75) is 19.8 Å². The van der Waals surface area contributed by atoms with E-state index in [-0.39, 0.29) is 0 Å². The highest BCUT2D eigenvalue weighted by Crippen LogP contribution is 2.16. The molecule has 0 aliphatic heterocycles. The number of fused-ring (bicyclic) bond motifs is 1. The molecule has 4 nitrogen and oxygen atoms in total. The monoisotopic (exact) mass is 238 g/mol. The number of para-hydroxylation sites is 1. The van der Waals surface area contributed by atoms with Crippen molar-refractivity contribution in [3.63, 3.8) is 0 Å². The molecular formula is C14H14N4. The molecule has 0 saturated heterocycles. The summed E-state index contributed by atoms with van der Waals surface area (Å²) >= 11 is 0. The molecular weight excluding hydrogens is 224 g/mol. The van der Waals surface area contributed by atoms with Gasteiger partial charge in [0.1, 0.15) is 0 Å². The lowest BCUT2D eigenvalue weighted by Crippen LogP contribution is -2.03. The van der Waals surface area contributed by atoms with E-state index in [0.29, 0.717) is 11.9 Å². The molecule has 0 aliphatic carbocycles. The number of aromatic nitrogens is 4. The molecule has 3 rings (SSSR count). The quantitative estimate of drug-likeness (QED) is 0.689. The highest BCUT2D eigenvalue weighted by Gasteiger charge is 2.07. The Kier molecular flexibility index (Phi) is 2.55. The third-order valence-corrected chi connectivity index (χ3v) is 2.99. The summed E-state index contributed by atoms with van der Waals surface area (Å²) < 4.78 is 1.76. The summed E-state index contributed by atoms with van der Waals surface area (Å²) in [4.78, 5) is 8.76. The van der Waals surface area contributed by atoms with Crippen LogP contribution in [0.1, 0.15) is 25.3 Å². The van der Waals surface area contributed by atoms with Crippen molar-refractivity contribution >= 4 is 10.9 Å². The van der Waals surface area contributed by atoms with Gasteiger partial charge >= 0.3 is 0 Å². The molecule has 0 bridgehead atoms. The van der Waals surface area contributed by atoms with E-state index in [2.05, 4.69) is 28.9 Å². The van der Waals surface area contributed by atoms with Gasteiger partial charge in [0, 0.05) is 17.8 Å². The van der Waals surface area contributed by atoms with Crippen LogP contribution in [-0.2, 0) is 0 Å². The molecule has 0 saturated carbocycles. The zero-order chi connectivity index (χ0) is 12.5. The molecule has 0 radical (unpaired) electrons. The van der Waals surface area contributed by atoms with Crippen LogP contribution in [-0.4, -0.2) is 19.7 Å². The molecule has 0 fully saturated rings. The van der Waals surface area contributed by atoms with Crippen LogP contribution >= 0.6 is 0 Å². The van der Waals surface area contributed by atoms with Crippen LogP contribution in [0, 0.1) is 0 Å². The highest BCUT2D eigenvalue weighted by molar-refractivity contribution is 5.79. The summed E-state index contributed by atoms with van der Waals surface area (Å²) in [5, 5.41) is 5.42. The van der Waals surface area contributed by atoms with Gasteiger partial charge in [0.25, 0.3) is 5.95 Å². The highest BCUT2D eigenvalue weighted by atomic mass is 15.3. The molecule has 0 atom stereocenters. The predicted octanol–water partition coefficient (Wildman–Crippen LogP) is 2.94. The van der Waals surface area contributed by atoms with Gasteiger partial charge in [-0.1, -0.05) is 32.0 Å². The van der Waals surface area contributed by atoms with Crippen LogP contribution in [0.4, 0.5) is 0 Å². The van der Waals surface area contributed by atoms with E-state index in [9.17, 15) is 0 Å². The summed E-state index contributed by atoms with van der Waals surface area (Å²) in [5.74, 6) is 1.05. The first-order chi connectivity index (χ1) is 8.75. The Bertz CT molecular complexity index is 668. The van der Waals surface area contributed by atoms with Gasteiger partial charge in [-0.3, -0.25) is 0 Å². The van der Waals surface area contributed by atoms with Gasteiger partial charge in [-0.15, -0.1) is 0 Å². The molecule has 0 unspecified atom stereocenters. The molecule has 4 heteroatoms. The standard InChI is InChI=1S/C14H14N4/c1-10(2)12-7-15-14(16-8-12)18-13-6-4-3-5-11(13)9-17-18/h3-10H,1-2H3. The molecule has 0 aliphatic rings. The molecule has 0 amide bonds. The molecule has 0 N–H and O–H groups in total. The molecule has 2 heterocycles. The molecule has 2 aromatic heterocycles. The van der Waals surface area contributed by atoms with Gasteiger partial charge in [-0.05, 0) is 17.5 Å². The molecule has 0 spiro atoms. The summed E-state index contributed by atoms with van der Waals surface area (Å²) in [6, 6.07) is 8.03. The van der Waals surface area contributed by atoms with E-state index in [1.54, 1.807) is 4.68 Å². The van der Waals surface area contributed by atoms with Gasteiger partial charge < -0.3 is 0 Å². The smallest absolute Gasteiger partial charge is 0.219 e. The average Bonchev–Trinajstić information content (AvgIpc) is 2.82. The SMILES string of the molecule is CC(C)c1cnc(-n2ncc3ccccc32)nc1. The minimum atomic E-state index is 0.438. The Morgan fingerprint density at radius 1 is 1.00 bits per heavy atom. The number of hydrogen-bond acceptors (Lipinski definition) is 3. The Morgan fingerprint density at radius 3 is 2.44 bits per heavy atom. The maximum atomic E-state index is 4.38. The van der Waals surface area contributed by atoms with Crippen LogP contribution in [0.25, 0.3) is 16.9 Å². The predicted molar refractivity (Wildman–Crippen MR) is 70.7 cm³/mol. The van der Waals surface area contributed by atoms with Gasteiger partial charge in [0.2, 0.25) is 0 Å². The first-order valence-electron chi connectivity index (χ1n) is 6.01. The van der Waals surface area contributed by atoms with E-state index in [0.717, 1.165) is 16.5 Å². The lowest BCUT2D eigenvalue weighted by molar-refractivity contribution is 0.799. The zero-order valence-corrected chi connectivity index (χ0v) is 10.4. The van der Waals surface area contributed by atoms with Crippen LogP contribution in [0.3, 0.4) is 0 Å². The number of benzene rings is 1. The summed E-state index contributed by atoms with van der Waals surface area (Å²) in [6.45, 7) is 4.25. The van der Waals surface area contributed by atoms with E-state index >= 15 is 0 Å². The van der Waals surface area contributed by atoms with E-state index in [1.165, 1.54) is 0 Å². The van der Waals surface area contributed by atoms with E-state index in [1.807, 2.05) is 42.9 Å². The Balaban J connectivity index is 2.09. The number of hydrogen-bond donors (Lipinski definition) is 0. The van der Waals surface area contributed by atoms with E-state index in [4.69, 9.17) is 0 Å². The first kappa shape index (κ1) is 10.9. The van der Waals surface area contributed by atoms with Gasteiger partial charge in [0.15, 0.2) is 0 Å². The fraction of sp³-hybridized carbons (Fsp3) is 0.214. The van der Waals surface area contributed by atoms with Gasteiger partial charge in [0.05, 0.1) is 11.7 Å². The van der Waals surface area contributed by atoms with Crippen molar-refractivity contribution in [1.82, 2.24) is 19.7 Å². The van der Waals surface area contributed by atoms with Crippen LogP contribution < -0.4 is 0 Å². The molecule has 3 aromatic rings. The minimum absolute atomic E-state index is 0.438. The van der Waals surface area contributed by atoms with E-state index < -0.39 is 0 Å². The molecule has 90 valence electrons. The van der Waals surface area contributed by atoms with Crippen molar-refractivity contribution in [3.8, 4) is 5.95 Å². The van der Waals surface area contributed by atoms with Gasteiger partial charge in [-0.2, -0.15) is 9.78 Å². The summed E-state index contributed by atoms with van der Waals surface area (Å²) in [6.07, 6.45) is 5.56. The summed E-state index contributed by atoms with van der Waals surface area (Å²) in [7, 11) is 0. The Morgan fingerprint density at radius 2 is 1.72 bits per heavy atom. The van der Waals surface area contributed by atoms with Crippen molar-refractivity contribution in [2.75, 3.05) is 0 Å². The fourth-order valence-electron chi connectivity index (χ4n) is 1.87. The second-order valence-electron chi connectivity index (χ2n) is 4.59. The van der Waals surface area contributed by atoms with Gasteiger partial charge in [-0.25, -0.2) is 9.97 Å². The average molecular weight is 238 g/mol. The topological polar surface area (TPSA) is 43.6 Å². The number of rotatable bonds is 2. The Labute approximate surface area is 105 Å². The van der Waals surface area contributed by atoms with Crippen molar-refractivity contribution < 1.29 is 0 Å². The van der Waals surface area contributed by atoms with Crippen molar-refractivity contribution in [1.29, 1.82) is 0 Å². The minimum Gasteiger partial charge on any atom is -0.219 e. The van der Waals surface area contributed by atoms with Crippen LogP contribution in [0.15, 0.2) is 42.9 Å². The van der Waals surface area contributed by atoms with Crippen LogP contribution in [0.5, 0.6) is 0 Å². The first-order valence-corrected chi connectivity index (χ1v) is 6.01. The largest absolute Gasteiger partial charge is 0.251 e. The van der Waals surface area contributed by atoms with Crippen molar-refractivity contribution in [3.05, 3.63) is 48.4 Å². The fourth-order valence-corrected chi connectivity index (χ4v) is 1.87. The second-order valence-corrected chi connectivity index (χ2v) is 4.59. The van der Waals surface area contributed by atoms with Crippen LogP contribution in [0.2, 0.25) is 0 Å². The molecule has 18 heavy (non-hydrogen) atoms. The lowest BCUT2D eigenvalue weighted by atomic mass is 10.1. The summed E-state index contributed by atoms with van der Waals surface area (Å²) in [5.41, 5.74) is 2.16. The van der Waals surface area contributed by atoms with Crippen molar-refractivity contribution in [2.24, 2.45) is 0 Å². The maximum absolute atomic E-state index is 4.38. The zero-order valence-electron chi connectivity index (χ0n) is 10.4. The normalized spacial score (nSPS) is 11.3. The third-order valence-electron chi connectivity index (χ3n) is 2.99.